The van der Waals surface area contributed by atoms with Crippen LogP contribution in [-0.4, -0.2) is 25.7 Å². The van der Waals surface area contributed by atoms with Gasteiger partial charge < -0.3 is 9.47 Å². The van der Waals surface area contributed by atoms with Crippen molar-refractivity contribution in [3.05, 3.63) is 59.4 Å². The van der Waals surface area contributed by atoms with Gasteiger partial charge in [0.05, 0.1) is 13.7 Å². The van der Waals surface area contributed by atoms with E-state index in [9.17, 15) is 4.39 Å². The Bertz CT molecular complexity index is 616. The molecule has 4 heteroatoms. The standard InChI is InChI=1S/C18H22FNO2/c1-4-22-18-11-14(9-10-17(18)21-3)12-20(2)13-15-7-5-6-8-16(15)19/h5-11H,4,12-13H2,1-3H3. The van der Waals surface area contributed by atoms with Crippen molar-refractivity contribution in [2.75, 3.05) is 20.8 Å². The lowest BCUT2D eigenvalue weighted by atomic mass is 10.1. The number of ether oxygens (including phenoxy) is 2. The molecule has 0 aliphatic heterocycles. The minimum atomic E-state index is -0.168. The van der Waals surface area contributed by atoms with Crippen molar-refractivity contribution < 1.29 is 13.9 Å². The minimum Gasteiger partial charge on any atom is -0.493 e. The predicted octanol–water partition coefficient (Wildman–Crippen LogP) is 3.87. The van der Waals surface area contributed by atoms with Gasteiger partial charge in [0.2, 0.25) is 0 Å². The summed E-state index contributed by atoms with van der Waals surface area (Å²) in [6.45, 7) is 3.79. The zero-order chi connectivity index (χ0) is 15.9. The van der Waals surface area contributed by atoms with E-state index in [-0.39, 0.29) is 5.82 Å². The summed E-state index contributed by atoms with van der Waals surface area (Å²) in [7, 11) is 3.60. The van der Waals surface area contributed by atoms with Gasteiger partial charge in [-0.1, -0.05) is 24.3 Å². The zero-order valence-electron chi connectivity index (χ0n) is 13.3. The molecule has 22 heavy (non-hydrogen) atoms. The van der Waals surface area contributed by atoms with Crippen LogP contribution < -0.4 is 9.47 Å². The van der Waals surface area contributed by atoms with Crippen LogP contribution in [0, 0.1) is 5.82 Å². The second-order valence-electron chi connectivity index (χ2n) is 5.18. The van der Waals surface area contributed by atoms with E-state index in [0.29, 0.717) is 25.3 Å². The fourth-order valence-corrected chi connectivity index (χ4v) is 2.37. The van der Waals surface area contributed by atoms with Gasteiger partial charge >= 0.3 is 0 Å². The maximum atomic E-state index is 13.7. The van der Waals surface area contributed by atoms with E-state index < -0.39 is 0 Å². The van der Waals surface area contributed by atoms with Gasteiger partial charge in [-0.15, -0.1) is 0 Å². The molecule has 0 saturated heterocycles. The van der Waals surface area contributed by atoms with Gasteiger partial charge in [0.15, 0.2) is 11.5 Å². The van der Waals surface area contributed by atoms with E-state index in [1.807, 2.05) is 44.3 Å². The normalized spacial score (nSPS) is 10.8. The van der Waals surface area contributed by atoms with Crippen LogP contribution in [0.3, 0.4) is 0 Å². The highest BCUT2D eigenvalue weighted by Crippen LogP contribution is 2.28. The van der Waals surface area contributed by atoms with Crippen LogP contribution in [0.1, 0.15) is 18.1 Å². The molecular formula is C18H22FNO2. The SMILES string of the molecule is CCOc1cc(CN(C)Cc2ccccc2F)ccc1OC. The molecule has 3 nitrogen and oxygen atoms in total. The fourth-order valence-electron chi connectivity index (χ4n) is 2.37. The van der Waals surface area contributed by atoms with Crippen LogP contribution in [0.5, 0.6) is 11.5 Å². The Kier molecular flexibility index (Phi) is 5.78. The average molecular weight is 303 g/mol. The Morgan fingerprint density at radius 1 is 1.05 bits per heavy atom. The summed E-state index contributed by atoms with van der Waals surface area (Å²) < 4.78 is 24.6. The number of rotatable bonds is 7. The monoisotopic (exact) mass is 303 g/mol. The maximum Gasteiger partial charge on any atom is 0.161 e. The van der Waals surface area contributed by atoms with Crippen LogP contribution in [0.15, 0.2) is 42.5 Å². The van der Waals surface area contributed by atoms with Crippen LogP contribution in [0.4, 0.5) is 4.39 Å². The molecule has 2 aromatic carbocycles. The predicted molar refractivity (Wildman–Crippen MR) is 85.7 cm³/mol. The molecule has 118 valence electrons. The van der Waals surface area contributed by atoms with Crippen molar-refractivity contribution in [3.8, 4) is 11.5 Å². The molecule has 0 bridgehead atoms. The summed E-state index contributed by atoms with van der Waals surface area (Å²) >= 11 is 0. The first-order valence-corrected chi connectivity index (χ1v) is 7.35. The highest BCUT2D eigenvalue weighted by molar-refractivity contribution is 5.43. The van der Waals surface area contributed by atoms with E-state index in [1.165, 1.54) is 6.07 Å². The third-order valence-corrected chi connectivity index (χ3v) is 3.38. The summed E-state index contributed by atoms with van der Waals surface area (Å²) in [6.07, 6.45) is 0. The van der Waals surface area contributed by atoms with Gasteiger partial charge in [-0.05, 0) is 37.7 Å². The smallest absolute Gasteiger partial charge is 0.161 e. The molecule has 0 atom stereocenters. The van der Waals surface area contributed by atoms with E-state index >= 15 is 0 Å². The summed E-state index contributed by atoms with van der Waals surface area (Å²) in [5, 5.41) is 0. The van der Waals surface area contributed by atoms with E-state index in [4.69, 9.17) is 9.47 Å². The number of methoxy groups -OCH3 is 1. The van der Waals surface area contributed by atoms with Gasteiger partial charge in [-0.2, -0.15) is 0 Å². The Labute approximate surface area is 131 Å². The molecule has 0 amide bonds. The largest absolute Gasteiger partial charge is 0.493 e. The van der Waals surface area contributed by atoms with E-state index in [1.54, 1.807) is 13.2 Å². The van der Waals surface area contributed by atoms with Gasteiger partial charge in [0, 0.05) is 18.7 Å². The lowest BCUT2D eigenvalue weighted by molar-refractivity contribution is 0.302. The average Bonchev–Trinajstić information content (AvgIpc) is 2.50. The first kappa shape index (κ1) is 16.3. The Balaban J connectivity index is 2.06. The molecular weight excluding hydrogens is 281 g/mol. The minimum absolute atomic E-state index is 0.168. The molecule has 2 rings (SSSR count). The second-order valence-corrected chi connectivity index (χ2v) is 5.18. The summed E-state index contributed by atoms with van der Waals surface area (Å²) in [5.41, 5.74) is 1.80. The van der Waals surface area contributed by atoms with Gasteiger partial charge in [0.25, 0.3) is 0 Å². The maximum absolute atomic E-state index is 13.7. The van der Waals surface area contributed by atoms with Crippen molar-refractivity contribution in [3.63, 3.8) is 0 Å². The van der Waals surface area contributed by atoms with E-state index in [0.717, 1.165) is 17.1 Å². The van der Waals surface area contributed by atoms with Crippen molar-refractivity contribution in [1.29, 1.82) is 0 Å². The van der Waals surface area contributed by atoms with Crippen LogP contribution in [-0.2, 0) is 13.1 Å². The molecule has 0 radical (unpaired) electrons. The first-order valence-electron chi connectivity index (χ1n) is 7.35. The topological polar surface area (TPSA) is 21.7 Å². The molecule has 0 spiro atoms. The Morgan fingerprint density at radius 3 is 2.50 bits per heavy atom. The van der Waals surface area contributed by atoms with Gasteiger partial charge in [-0.25, -0.2) is 4.39 Å². The quantitative estimate of drug-likeness (QED) is 0.775. The third kappa shape index (κ3) is 4.21. The Hall–Kier alpha value is -2.07. The fraction of sp³-hybridized carbons (Fsp3) is 0.333. The van der Waals surface area contributed by atoms with Crippen LogP contribution >= 0.6 is 0 Å². The summed E-state index contributed by atoms with van der Waals surface area (Å²) in [6, 6.07) is 12.7. The number of hydrogen-bond donors (Lipinski definition) is 0. The number of nitrogens with zero attached hydrogens (tertiary/aromatic N) is 1. The molecule has 0 aliphatic rings. The van der Waals surface area contributed by atoms with Crippen LogP contribution in [0.2, 0.25) is 0 Å². The number of hydrogen-bond acceptors (Lipinski definition) is 3. The third-order valence-electron chi connectivity index (χ3n) is 3.38. The van der Waals surface area contributed by atoms with Crippen molar-refractivity contribution in [2.45, 2.75) is 20.0 Å². The lowest BCUT2D eigenvalue weighted by Gasteiger charge is -2.18. The molecule has 0 N–H and O–H groups in total. The first-order chi connectivity index (χ1) is 10.6. The number of benzene rings is 2. The lowest BCUT2D eigenvalue weighted by Crippen LogP contribution is -2.18. The molecule has 0 heterocycles. The molecule has 0 aliphatic carbocycles. The van der Waals surface area contributed by atoms with Crippen LogP contribution in [0.25, 0.3) is 0 Å². The molecule has 0 unspecified atom stereocenters. The molecule has 0 fully saturated rings. The highest BCUT2D eigenvalue weighted by atomic mass is 19.1. The molecule has 0 aromatic heterocycles. The Morgan fingerprint density at radius 2 is 1.82 bits per heavy atom. The van der Waals surface area contributed by atoms with E-state index in [2.05, 4.69) is 4.90 Å². The molecule has 2 aromatic rings. The van der Waals surface area contributed by atoms with Gasteiger partial charge in [-0.3, -0.25) is 4.90 Å². The second kappa shape index (κ2) is 7.80. The van der Waals surface area contributed by atoms with Gasteiger partial charge in [0.1, 0.15) is 5.82 Å². The summed E-state index contributed by atoms with van der Waals surface area (Å²) in [4.78, 5) is 2.07. The van der Waals surface area contributed by atoms with Crippen molar-refractivity contribution in [1.82, 2.24) is 4.90 Å². The summed E-state index contributed by atoms with van der Waals surface area (Å²) in [5.74, 6) is 1.29. The highest BCUT2D eigenvalue weighted by Gasteiger charge is 2.09. The zero-order valence-corrected chi connectivity index (χ0v) is 13.3. The number of halogens is 1. The van der Waals surface area contributed by atoms with Crippen molar-refractivity contribution >= 4 is 0 Å². The van der Waals surface area contributed by atoms with Crippen molar-refractivity contribution in [2.24, 2.45) is 0 Å². The molecule has 0 saturated carbocycles.